The highest BCUT2D eigenvalue weighted by Gasteiger charge is 2.27. The number of carbonyl (C=O) groups excluding carboxylic acids is 1. The number of rotatable bonds is 7. The summed E-state index contributed by atoms with van der Waals surface area (Å²) in [5, 5.41) is 0. The minimum Gasteiger partial charge on any atom is -0.489 e. The van der Waals surface area contributed by atoms with Crippen LogP contribution in [0.15, 0.2) is 30.3 Å². The summed E-state index contributed by atoms with van der Waals surface area (Å²) in [7, 11) is 1.44. The molecule has 2 aromatic rings. The molecule has 0 heterocycles. The van der Waals surface area contributed by atoms with Gasteiger partial charge in [-0.25, -0.2) is 0 Å². The summed E-state index contributed by atoms with van der Waals surface area (Å²) in [5.74, 6) is 1.32. The van der Waals surface area contributed by atoms with Crippen molar-refractivity contribution >= 4 is 5.97 Å². The highest BCUT2D eigenvalue weighted by molar-refractivity contribution is 5.73. The third kappa shape index (κ3) is 4.09. The Morgan fingerprint density at radius 1 is 1.12 bits per heavy atom. The van der Waals surface area contributed by atoms with Gasteiger partial charge < -0.3 is 9.47 Å². The van der Waals surface area contributed by atoms with Crippen LogP contribution in [0.3, 0.4) is 0 Å². The van der Waals surface area contributed by atoms with Crippen LogP contribution in [0, 0.1) is 13.8 Å². The average molecular weight is 352 g/mol. The number of carbonyl (C=O) groups is 1. The summed E-state index contributed by atoms with van der Waals surface area (Å²) < 4.78 is 11.1. The second-order valence-electron chi connectivity index (χ2n) is 7.20. The third-order valence-electron chi connectivity index (χ3n) is 5.28. The molecule has 3 nitrogen and oxygen atoms in total. The molecule has 26 heavy (non-hydrogen) atoms. The van der Waals surface area contributed by atoms with Crippen LogP contribution in [-0.2, 0) is 29.0 Å². The number of methoxy groups -OCH3 is 1. The molecule has 138 valence electrons. The Balaban J connectivity index is 1.87. The Labute approximate surface area is 156 Å². The predicted molar refractivity (Wildman–Crippen MR) is 104 cm³/mol. The van der Waals surface area contributed by atoms with E-state index in [-0.39, 0.29) is 5.97 Å². The molecule has 1 fully saturated rings. The first-order valence-corrected chi connectivity index (χ1v) is 9.43. The van der Waals surface area contributed by atoms with Gasteiger partial charge in [-0.1, -0.05) is 31.2 Å². The number of hydrogen-bond acceptors (Lipinski definition) is 3. The molecule has 1 aliphatic rings. The lowest BCUT2D eigenvalue weighted by Gasteiger charge is -2.17. The second-order valence-corrected chi connectivity index (χ2v) is 7.20. The van der Waals surface area contributed by atoms with Crippen LogP contribution >= 0.6 is 0 Å². The van der Waals surface area contributed by atoms with Crippen LogP contribution in [0.4, 0.5) is 0 Å². The van der Waals surface area contributed by atoms with Crippen LogP contribution in [0.5, 0.6) is 5.75 Å². The summed E-state index contributed by atoms with van der Waals surface area (Å²) >= 11 is 0. The lowest BCUT2D eigenvalue weighted by molar-refractivity contribution is -0.139. The Hall–Kier alpha value is -2.29. The smallest absolute Gasteiger partial charge is 0.309 e. The molecule has 0 aliphatic heterocycles. The molecule has 1 aliphatic carbocycles. The molecule has 0 N–H and O–H groups in total. The first kappa shape index (κ1) is 18.5. The van der Waals surface area contributed by atoms with E-state index in [0.29, 0.717) is 18.9 Å². The van der Waals surface area contributed by atoms with E-state index in [1.807, 2.05) is 12.1 Å². The van der Waals surface area contributed by atoms with Gasteiger partial charge in [0.15, 0.2) is 0 Å². The van der Waals surface area contributed by atoms with Crippen LogP contribution in [0.25, 0.3) is 0 Å². The van der Waals surface area contributed by atoms with Crippen LogP contribution in [0.1, 0.15) is 59.1 Å². The van der Waals surface area contributed by atoms with Crippen molar-refractivity contribution in [2.24, 2.45) is 0 Å². The number of esters is 1. The highest BCUT2D eigenvalue weighted by Crippen LogP contribution is 2.42. The molecule has 0 amide bonds. The van der Waals surface area contributed by atoms with E-state index in [1.54, 1.807) is 0 Å². The minimum absolute atomic E-state index is 0.210. The van der Waals surface area contributed by atoms with Gasteiger partial charge in [0.1, 0.15) is 12.4 Å². The zero-order valence-electron chi connectivity index (χ0n) is 16.2. The van der Waals surface area contributed by atoms with E-state index in [1.165, 1.54) is 36.6 Å². The quantitative estimate of drug-likeness (QED) is 0.655. The van der Waals surface area contributed by atoms with Crippen molar-refractivity contribution in [3.05, 3.63) is 63.7 Å². The molecular weight excluding hydrogens is 324 g/mol. The van der Waals surface area contributed by atoms with Gasteiger partial charge in [0.25, 0.3) is 0 Å². The standard InChI is InChI=1S/C23H28O3/c1-5-17-11-16(3)22(12-15(17)2)26-14-21-19(13-23(24)25-4)7-6-8-20(21)18-9-10-18/h6-8,11-12,18H,5,9-10,13-14H2,1-4H3. The molecule has 3 rings (SSSR count). The SMILES string of the molecule is CCc1cc(C)c(OCc2c(CC(=O)OC)cccc2C2CC2)cc1C. The fraction of sp³-hybridized carbons (Fsp3) is 0.435. The zero-order valence-corrected chi connectivity index (χ0v) is 16.2. The fourth-order valence-electron chi connectivity index (χ4n) is 3.54. The molecule has 0 saturated heterocycles. The van der Waals surface area contributed by atoms with Gasteiger partial charge in [-0.05, 0) is 78.5 Å². The number of benzene rings is 2. The topological polar surface area (TPSA) is 35.5 Å². The molecule has 0 spiro atoms. The number of ether oxygens (including phenoxy) is 2. The molecule has 3 heteroatoms. The van der Waals surface area contributed by atoms with Crippen LogP contribution in [0.2, 0.25) is 0 Å². The second kappa shape index (κ2) is 7.94. The first-order valence-electron chi connectivity index (χ1n) is 9.43. The summed E-state index contributed by atoms with van der Waals surface area (Å²) in [6.45, 7) is 6.89. The summed E-state index contributed by atoms with van der Waals surface area (Å²) in [4.78, 5) is 11.8. The Kier molecular flexibility index (Phi) is 5.65. The largest absolute Gasteiger partial charge is 0.489 e. The van der Waals surface area contributed by atoms with Gasteiger partial charge in [-0.2, -0.15) is 0 Å². The molecule has 0 radical (unpaired) electrons. The van der Waals surface area contributed by atoms with Crippen molar-refractivity contribution in [1.82, 2.24) is 0 Å². The van der Waals surface area contributed by atoms with E-state index >= 15 is 0 Å². The maximum Gasteiger partial charge on any atom is 0.309 e. The molecule has 1 saturated carbocycles. The first-order chi connectivity index (χ1) is 12.5. The van der Waals surface area contributed by atoms with Gasteiger partial charge in [-0.3, -0.25) is 4.79 Å². The van der Waals surface area contributed by atoms with Crippen molar-refractivity contribution in [3.63, 3.8) is 0 Å². The molecule has 0 atom stereocenters. The number of aryl methyl sites for hydroxylation is 3. The van der Waals surface area contributed by atoms with Crippen molar-refractivity contribution < 1.29 is 14.3 Å². The van der Waals surface area contributed by atoms with Gasteiger partial charge in [0.2, 0.25) is 0 Å². The van der Waals surface area contributed by atoms with Crippen molar-refractivity contribution in [3.8, 4) is 5.75 Å². The number of hydrogen-bond donors (Lipinski definition) is 0. The van der Waals surface area contributed by atoms with Gasteiger partial charge in [-0.15, -0.1) is 0 Å². The molecular formula is C23H28O3. The summed E-state index contributed by atoms with van der Waals surface area (Å²) in [6, 6.07) is 10.6. The Morgan fingerprint density at radius 3 is 2.54 bits per heavy atom. The molecule has 0 bridgehead atoms. The molecule has 0 unspecified atom stereocenters. The van der Waals surface area contributed by atoms with E-state index in [9.17, 15) is 4.79 Å². The van der Waals surface area contributed by atoms with Crippen molar-refractivity contribution in [2.75, 3.05) is 7.11 Å². The van der Waals surface area contributed by atoms with Crippen molar-refractivity contribution in [1.29, 1.82) is 0 Å². The van der Waals surface area contributed by atoms with E-state index in [2.05, 4.69) is 39.0 Å². The van der Waals surface area contributed by atoms with Crippen LogP contribution in [-0.4, -0.2) is 13.1 Å². The van der Waals surface area contributed by atoms with Crippen molar-refractivity contribution in [2.45, 2.75) is 59.0 Å². The maximum absolute atomic E-state index is 11.8. The van der Waals surface area contributed by atoms with Gasteiger partial charge in [0, 0.05) is 0 Å². The third-order valence-corrected chi connectivity index (χ3v) is 5.28. The summed E-state index contributed by atoms with van der Waals surface area (Å²) in [5.41, 5.74) is 7.27. The normalized spacial score (nSPS) is 13.5. The van der Waals surface area contributed by atoms with E-state index < -0.39 is 0 Å². The fourth-order valence-corrected chi connectivity index (χ4v) is 3.54. The van der Waals surface area contributed by atoms with Gasteiger partial charge in [0.05, 0.1) is 13.5 Å². The lowest BCUT2D eigenvalue weighted by atomic mass is 9.96. The van der Waals surface area contributed by atoms with Crippen LogP contribution < -0.4 is 4.74 Å². The maximum atomic E-state index is 11.8. The molecule has 0 aromatic heterocycles. The molecule has 2 aromatic carbocycles. The Morgan fingerprint density at radius 2 is 1.88 bits per heavy atom. The monoisotopic (exact) mass is 352 g/mol. The highest BCUT2D eigenvalue weighted by atomic mass is 16.5. The predicted octanol–water partition coefficient (Wildman–Crippen LogP) is 5.04. The minimum atomic E-state index is -0.210. The van der Waals surface area contributed by atoms with E-state index in [0.717, 1.165) is 28.9 Å². The average Bonchev–Trinajstić information content (AvgIpc) is 3.47. The Bertz CT molecular complexity index is 803. The van der Waals surface area contributed by atoms with Gasteiger partial charge >= 0.3 is 5.97 Å². The summed E-state index contributed by atoms with van der Waals surface area (Å²) in [6.07, 6.45) is 3.76. The zero-order chi connectivity index (χ0) is 18.7. The lowest BCUT2D eigenvalue weighted by Crippen LogP contribution is -2.10. The van der Waals surface area contributed by atoms with E-state index in [4.69, 9.17) is 9.47 Å².